The summed E-state index contributed by atoms with van der Waals surface area (Å²) in [6, 6.07) is 23.9. The van der Waals surface area contributed by atoms with Crippen LogP contribution >= 0.6 is 23.2 Å². The average molecular weight is 490 g/mol. The maximum atomic E-state index is 6.42. The Morgan fingerprint density at radius 1 is 0.882 bits per heavy atom. The summed E-state index contributed by atoms with van der Waals surface area (Å²) in [4.78, 5) is 13.7. The Morgan fingerprint density at radius 2 is 1.65 bits per heavy atom. The van der Waals surface area contributed by atoms with Crippen molar-refractivity contribution < 1.29 is 9.32 Å². The average Bonchev–Trinajstić information content (AvgIpc) is 3.25. The number of quaternary nitrogens is 1. The summed E-state index contributed by atoms with van der Waals surface area (Å²) < 4.78 is 6.27. The highest BCUT2D eigenvalue weighted by molar-refractivity contribution is 6.35. The minimum absolute atomic E-state index is 0.668. The molecule has 0 spiro atoms. The molecule has 0 saturated carbocycles. The van der Waals surface area contributed by atoms with E-state index in [9.17, 15) is 0 Å². The van der Waals surface area contributed by atoms with Gasteiger partial charge in [0.25, 0.3) is 0 Å². The number of benzene rings is 3. The van der Waals surface area contributed by atoms with Gasteiger partial charge in [-0.2, -0.15) is 0 Å². The zero-order valence-electron chi connectivity index (χ0n) is 18.5. The van der Waals surface area contributed by atoms with Gasteiger partial charge in [0.15, 0.2) is 17.2 Å². The van der Waals surface area contributed by atoms with E-state index in [-0.39, 0.29) is 0 Å². The van der Waals surface area contributed by atoms with Crippen LogP contribution < -0.4 is 9.80 Å². The molecule has 0 bridgehead atoms. The molecular formula is C27H23Cl2N4O+. The van der Waals surface area contributed by atoms with Gasteiger partial charge in [-0.05, 0) is 24.3 Å². The van der Waals surface area contributed by atoms with E-state index in [1.165, 1.54) is 4.90 Å². The highest BCUT2D eigenvalue weighted by atomic mass is 35.5. The summed E-state index contributed by atoms with van der Waals surface area (Å²) in [5.74, 6) is 1.58. The third-order valence-corrected chi connectivity index (χ3v) is 7.05. The maximum Gasteiger partial charge on any atom is 0.196 e. The number of nitrogens with zero attached hydrogens (tertiary/aromatic N) is 3. The number of furan rings is 1. The van der Waals surface area contributed by atoms with Crippen LogP contribution in [0.5, 0.6) is 0 Å². The van der Waals surface area contributed by atoms with Crippen LogP contribution in [0.15, 0.2) is 77.2 Å². The summed E-state index contributed by atoms with van der Waals surface area (Å²) in [7, 11) is 0. The third-order valence-electron chi connectivity index (χ3n) is 6.46. The van der Waals surface area contributed by atoms with E-state index in [2.05, 4.69) is 11.0 Å². The van der Waals surface area contributed by atoms with Gasteiger partial charge < -0.3 is 14.2 Å². The zero-order chi connectivity index (χ0) is 23.1. The molecule has 5 aromatic rings. The predicted octanol–water partition coefficient (Wildman–Crippen LogP) is 5.25. The highest BCUT2D eigenvalue weighted by Crippen LogP contribution is 2.34. The van der Waals surface area contributed by atoms with Gasteiger partial charge in [0.1, 0.15) is 17.6 Å². The largest absolute Gasteiger partial charge is 0.450 e. The van der Waals surface area contributed by atoms with Crippen LogP contribution in [0.3, 0.4) is 0 Å². The molecule has 0 unspecified atom stereocenters. The minimum atomic E-state index is 0.668. The van der Waals surface area contributed by atoms with Crippen LogP contribution in [0.4, 0.5) is 5.82 Å². The molecule has 1 fully saturated rings. The van der Waals surface area contributed by atoms with Gasteiger partial charge >= 0.3 is 0 Å². The summed E-state index contributed by atoms with van der Waals surface area (Å²) >= 11 is 12.5. The molecule has 34 heavy (non-hydrogen) atoms. The number of piperazine rings is 1. The van der Waals surface area contributed by atoms with Crippen molar-refractivity contribution in [2.45, 2.75) is 6.54 Å². The minimum Gasteiger partial charge on any atom is -0.450 e. The summed E-state index contributed by atoms with van der Waals surface area (Å²) in [5.41, 5.74) is 4.58. The van der Waals surface area contributed by atoms with E-state index < -0.39 is 0 Å². The number of nitrogens with one attached hydrogen (secondary N) is 1. The van der Waals surface area contributed by atoms with Gasteiger partial charge in [0, 0.05) is 21.5 Å². The molecule has 1 saturated heterocycles. The fourth-order valence-electron chi connectivity index (χ4n) is 4.65. The summed E-state index contributed by atoms with van der Waals surface area (Å²) in [6.07, 6.45) is 0. The maximum absolute atomic E-state index is 6.42. The molecule has 1 aliphatic heterocycles. The molecule has 170 valence electrons. The van der Waals surface area contributed by atoms with Gasteiger partial charge in [-0.3, -0.25) is 0 Å². The molecule has 7 heteroatoms. The highest BCUT2D eigenvalue weighted by Gasteiger charge is 2.26. The molecule has 0 amide bonds. The fraction of sp³-hybridized carbons (Fsp3) is 0.185. The van der Waals surface area contributed by atoms with Crippen molar-refractivity contribution in [3.63, 3.8) is 0 Å². The summed E-state index contributed by atoms with van der Waals surface area (Å²) in [6.45, 7) is 4.58. The molecule has 5 nitrogen and oxygen atoms in total. The van der Waals surface area contributed by atoms with E-state index in [1.807, 2.05) is 66.7 Å². The first kappa shape index (κ1) is 21.4. The normalized spacial score (nSPS) is 14.8. The van der Waals surface area contributed by atoms with Crippen molar-refractivity contribution >= 4 is 51.1 Å². The number of para-hydroxylation sites is 1. The van der Waals surface area contributed by atoms with E-state index in [4.69, 9.17) is 37.6 Å². The van der Waals surface area contributed by atoms with E-state index in [0.717, 1.165) is 82.6 Å². The van der Waals surface area contributed by atoms with Crippen LogP contribution in [0.1, 0.15) is 5.56 Å². The van der Waals surface area contributed by atoms with Crippen molar-refractivity contribution in [2.75, 3.05) is 31.1 Å². The van der Waals surface area contributed by atoms with Crippen LogP contribution in [-0.2, 0) is 6.54 Å². The van der Waals surface area contributed by atoms with Crippen molar-refractivity contribution in [2.24, 2.45) is 0 Å². The van der Waals surface area contributed by atoms with Gasteiger partial charge in [-0.15, -0.1) is 0 Å². The predicted molar refractivity (Wildman–Crippen MR) is 138 cm³/mol. The molecular weight excluding hydrogens is 467 g/mol. The van der Waals surface area contributed by atoms with Crippen molar-refractivity contribution in [1.82, 2.24) is 9.97 Å². The van der Waals surface area contributed by atoms with Gasteiger partial charge in [-0.25, -0.2) is 9.97 Å². The Morgan fingerprint density at radius 3 is 2.44 bits per heavy atom. The number of hydrogen-bond donors (Lipinski definition) is 1. The zero-order valence-corrected chi connectivity index (χ0v) is 20.0. The lowest BCUT2D eigenvalue weighted by Crippen LogP contribution is -3.13. The van der Waals surface area contributed by atoms with Crippen LogP contribution in [-0.4, -0.2) is 36.1 Å². The molecule has 0 aliphatic carbocycles. The SMILES string of the molecule is Clc1ccc(C[NH+]2CCN(c3nc(-c4ccccc4)nc4c3oc3ccccc34)CC2)c(Cl)c1. The number of halogens is 2. The van der Waals surface area contributed by atoms with E-state index >= 15 is 0 Å². The van der Waals surface area contributed by atoms with Crippen LogP contribution in [0, 0.1) is 0 Å². The molecule has 0 atom stereocenters. The second kappa shape index (κ2) is 8.91. The lowest BCUT2D eigenvalue weighted by Gasteiger charge is -2.33. The second-order valence-corrected chi connectivity index (χ2v) is 9.51. The third kappa shape index (κ3) is 4.00. The van der Waals surface area contributed by atoms with Crippen molar-refractivity contribution in [3.8, 4) is 11.4 Å². The van der Waals surface area contributed by atoms with Crippen LogP contribution in [0.25, 0.3) is 33.5 Å². The van der Waals surface area contributed by atoms with Gasteiger partial charge in [-0.1, -0.05) is 71.7 Å². The smallest absolute Gasteiger partial charge is 0.196 e. The number of hydrogen-bond acceptors (Lipinski definition) is 4. The van der Waals surface area contributed by atoms with Crippen molar-refractivity contribution in [1.29, 1.82) is 0 Å². The Kier molecular flexibility index (Phi) is 5.61. The topological polar surface area (TPSA) is 46.6 Å². The molecule has 1 aliphatic rings. The lowest BCUT2D eigenvalue weighted by molar-refractivity contribution is -0.914. The second-order valence-electron chi connectivity index (χ2n) is 8.66. The first-order chi connectivity index (χ1) is 16.7. The number of anilines is 1. The molecule has 3 heterocycles. The molecule has 2 aromatic heterocycles. The van der Waals surface area contributed by atoms with Gasteiger partial charge in [0.2, 0.25) is 0 Å². The van der Waals surface area contributed by atoms with Crippen LogP contribution in [0.2, 0.25) is 10.0 Å². The number of aromatic nitrogens is 2. The molecule has 1 N–H and O–H groups in total. The Bertz CT molecular complexity index is 1480. The number of fused-ring (bicyclic) bond motifs is 3. The Hall–Kier alpha value is -3.12. The summed E-state index contributed by atoms with van der Waals surface area (Å²) in [5, 5.41) is 2.41. The van der Waals surface area contributed by atoms with Gasteiger partial charge in [0.05, 0.1) is 31.2 Å². The quantitative estimate of drug-likeness (QED) is 0.374. The fourth-order valence-corrected chi connectivity index (χ4v) is 5.13. The first-order valence-electron chi connectivity index (χ1n) is 11.4. The first-order valence-corrected chi connectivity index (χ1v) is 12.2. The lowest BCUT2D eigenvalue weighted by atomic mass is 10.2. The Labute approximate surface area is 207 Å². The number of rotatable bonds is 4. The monoisotopic (exact) mass is 489 g/mol. The van der Waals surface area contributed by atoms with E-state index in [1.54, 1.807) is 0 Å². The standard InChI is InChI=1S/C27H22Cl2N4O/c28-20-11-10-19(22(29)16-20)17-32-12-14-33(15-13-32)27-25-24(21-8-4-5-9-23(21)34-25)30-26(31-27)18-6-2-1-3-7-18/h1-11,16H,12-15,17H2/p+1. The Balaban J connectivity index is 1.33. The van der Waals surface area contributed by atoms with Crippen molar-refractivity contribution in [3.05, 3.63) is 88.4 Å². The molecule has 3 aromatic carbocycles. The molecule has 0 radical (unpaired) electrons. The van der Waals surface area contributed by atoms with E-state index in [0.29, 0.717) is 5.02 Å². The molecule has 6 rings (SSSR count).